The summed E-state index contributed by atoms with van der Waals surface area (Å²) in [6.07, 6.45) is 2.35. The number of aliphatic hydroxyl groups is 1. The minimum absolute atomic E-state index is 0.0813. The number of likely N-dealkylation sites (tertiary alicyclic amines) is 1. The second-order valence-electron chi connectivity index (χ2n) is 6.09. The molecule has 1 atom stereocenters. The molecule has 1 aromatic rings. The summed E-state index contributed by atoms with van der Waals surface area (Å²) in [6, 6.07) is 3.46. The topological polar surface area (TPSA) is 53.0 Å². The van der Waals surface area contributed by atoms with E-state index >= 15 is 0 Å². The number of amides is 1. The van der Waals surface area contributed by atoms with Crippen molar-refractivity contribution in [1.29, 1.82) is 0 Å². The van der Waals surface area contributed by atoms with Crippen molar-refractivity contribution in [1.82, 2.24) is 9.80 Å². The van der Waals surface area contributed by atoms with Crippen LogP contribution in [0.2, 0.25) is 4.34 Å². The summed E-state index contributed by atoms with van der Waals surface area (Å²) in [5.41, 5.74) is -1.00. The maximum absolute atomic E-state index is 12.6. The fraction of sp³-hybridized carbons (Fsp3) is 0.667. The van der Waals surface area contributed by atoms with E-state index in [9.17, 15) is 9.90 Å². The third kappa shape index (κ3) is 3.81. The van der Waals surface area contributed by atoms with E-state index in [1.54, 1.807) is 17.0 Å². The van der Waals surface area contributed by atoms with Gasteiger partial charge in [0.05, 0.1) is 29.0 Å². The predicted molar refractivity (Wildman–Crippen MR) is 86.7 cm³/mol. The number of ether oxygens (including phenoxy) is 1. The number of nitrogens with zero attached hydrogens (tertiary/aromatic N) is 2. The SMILES string of the molecule is O=C(c1ccc(Cl)s1)N1CCOC[C@@](O)(CN2CCCC2)C1. The number of carbonyl (C=O) groups excluding carboxylic acids is 1. The molecule has 1 aromatic heterocycles. The second-order valence-corrected chi connectivity index (χ2v) is 7.81. The van der Waals surface area contributed by atoms with E-state index in [4.69, 9.17) is 16.3 Å². The lowest BCUT2D eigenvalue weighted by Gasteiger charge is -2.33. The van der Waals surface area contributed by atoms with Gasteiger partial charge in [-0.1, -0.05) is 11.6 Å². The van der Waals surface area contributed by atoms with Crippen molar-refractivity contribution in [3.63, 3.8) is 0 Å². The first-order valence-electron chi connectivity index (χ1n) is 7.63. The van der Waals surface area contributed by atoms with Crippen LogP contribution in [-0.2, 0) is 4.74 Å². The lowest BCUT2D eigenvalue weighted by molar-refractivity contribution is -0.0524. The van der Waals surface area contributed by atoms with Crippen LogP contribution in [-0.4, -0.2) is 72.4 Å². The molecule has 0 radical (unpaired) electrons. The molecule has 1 amide bonds. The Morgan fingerprint density at radius 2 is 2.14 bits per heavy atom. The van der Waals surface area contributed by atoms with Crippen LogP contribution in [0.4, 0.5) is 0 Å². The van der Waals surface area contributed by atoms with E-state index in [1.165, 1.54) is 24.2 Å². The van der Waals surface area contributed by atoms with Gasteiger partial charge in [0.1, 0.15) is 5.60 Å². The Morgan fingerprint density at radius 1 is 1.36 bits per heavy atom. The van der Waals surface area contributed by atoms with Gasteiger partial charge in [-0.05, 0) is 38.1 Å². The molecule has 0 aliphatic carbocycles. The number of rotatable bonds is 3. The summed E-state index contributed by atoms with van der Waals surface area (Å²) >= 11 is 7.18. The number of thiophene rings is 1. The molecule has 3 heterocycles. The molecule has 1 N–H and O–H groups in total. The molecule has 122 valence electrons. The molecule has 0 aromatic carbocycles. The molecule has 0 unspecified atom stereocenters. The number of carbonyl (C=O) groups is 1. The zero-order valence-corrected chi connectivity index (χ0v) is 14.0. The van der Waals surface area contributed by atoms with E-state index in [0.29, 0.717) is 35.5 Å². The molecule has 7 heteroatoms. The molecule has 2 aliphatic heterocycles. The molecule has 2 saturated heterocycles. The minimum Gasteiger partial charge on any atom is -0.384 e. The Morgan fingerprint density at radius 3 is 2.82 bits per heavy atom. The highest BCUT2D eigenvalue weighted by molar-refractivity contribution is 7.17. The van der Waals surface area contributed by atoms with Gasteiger partial charge in [0.2, 0.25) is 0 Å². The predicted octanol–water partition coefficient (Wildman–Crippen LogP) is 1.70. The molecule has 22 heavy (non-hydrogen) atoms. The Hall–Kier alpha value is -0.660. The van der Waals surface area contributed by atoms with Gasteiger partial charge in [0.15, 0.2) is 0 Å². The zero-order chi connectivity index (χ0) is 15.6. The highest BCUT2D eigenvalue weighted by Crippen LogP contribution is 2.24. The summed E-state index contributed by atoms with van der Waals surface area (Å²) in [5.74, 6) is -0.0813. The normalized spacial score (nSPS) is 27.1. The standard InChI is InChI=1S/C15H21ClN2O3S/c16-13-4-3-12(22-13)14(19)18-7-8-21-11-15(20,10-18)9-17-5-1-2-6-17/h3-4,20H,1-2,5-11H2/t15-/m1/s1. The van der Waals surface area contributed by atoms with E-state index in [1.807, 2.05) is 0 Å². The van der Waals surface area contributed by atoms with E-state index in [-0.39, 0.29) is 12.5 Å². The smallest absolute Gasteiger partial charge is 0.264 e. The van der Waals surface area contributed by atoms with Gasteiger partial charge in [-0.25, -0.2) is 0 Å². The number of halogens is 1. The molecule has 0 bridgehead atoms. The van der Waals surface area contributed by atoms with Gasteiger partial charge in [-0.15, -0.1) is 11.3 Å². The van der Waals surface area contributed by atoms with Crippen LogP contribution in [0.25, 0.3) is 0 Å². The van der Waals surface area contributed by atoms with E-state index in [2.05, 4.69) is 4.90 Å². The van der Waals surface area contributed by atoms with Gasteiger partial charge in [0.25, 0.3) is 5.91 Å². The monoisotopic (exact) mass is 344 g/mol. The molecule has 5 nitrogen and oxygen atoms in total. The Balaban J connectivity index is 1.70. The van der Waals surface area contributed by atoms with Gasteiger partial charge in [-0.2, -0.15) is 0 Å². The summed E-state index contributed by atoms with van der Waals surface area (Å²) in [4.78, 5) is 17.1. The van der Waals surface area contributed by atoms with Gasteiger partial charge in [-0.3, -0.25) is 4.79 Å². The summed E-state index contributed by atoms with van der Waals surface area (Å²) in [7, 11) is 0. The lowest BCUT2D eigenvalue weighted by atomic mass is 10.0. The largest absolute Gasteiger partial charge is 0.384 e. The van der Waals surface area contributed by atoms with Crippen molar-refractivity contribution >= 4 is 28.8 Å². The number of hydrogen-bond acceptors (Lipinski definition) is 5. The summed E-state index contributed by atoms with van der Waals surface area (Å²) < 4.78 is 6.15. The van der Waals surface area contributed by atoms with Crippen molar-refractivity contribution in [3.8, 4) is 0 Å². The summed E-state index contributed by atoms with van der Waals surface area (Å²) in [6.45, 7) is 4.11. The summed E-state index contributed by atoms with van der Waals surface area (Å²) in [5, 5.41) is 10.9. The quantitative estimate of drug-likeness (QED) is 0.906. The zero-order valence-electron chi connectivity index (χ0n) is 12.5. The Kier molecular flexibility index (Phi) is 5.04. The van der Waals surface area contributed by atoms with Crippen LogP contribution in [0.5, 0.6) is 0 Å². The van der Waals surface area contributed by atoms with E-state index in [0.717, 1.165) is 13.1 Å². The molecule has 0 spiro atoms. The maximum Gasteiger partial charge on any atom is 0.264 e. The highest BCUT2D eigenvalue weighted by Gasteiger charge is 2.37. The fourth-order valence-electron chi connectivity index (χ4n) is 3.13. The number of hydrogen-bond donors (Lipinski definition) is 1. The third-order valence-electron chi connectivity index (χ3n) is 4.15. The molecule has 0 saturated carbocycles. The maximum atomic E-state index is 12.6. The third-order valence-corrected chi connectivity index (χ3v) is 5.37. The van der Waals surface area contributed by atoms with Crippen LogP contribution in [0, 0.1) is 0 Å². The number of β-amino-alcohol motifs (C(OH)–C–C–N with tert-alkyl or cyclic N) is 1. The first kappa shape index (κ1) is 16.2. The molecule has 2 aliphatic rings. The molecular weight excluding hydrogens is 324 g/mol. The Labute approximate surface area is 139 Å². The van der Waals surface area contributed by atoms with Crippen LogP contribution in [0.3, 0.4) is 0 Å². The van der Waals surface area contributed by atoms with Crippen LogP contribution in [0.1, 0.15) is 22.5 Å². The van der Waals surface area contributed by atoms with Crippen LogP contribution < -0.4 is 0 Å². The average molecular weight is 345 g/mol. The van der Waals surface area contributed by atoms with Gasteiger partial charge < -0.3 is 19.6 Å². The lowest BCUT2D eigenvalue weighted by Crippen LogP contribution is -2.52. The van der Waals surface area contributed by atoms with E-state index < -0.39 is 5.60 Å². The van der Waals surface area contributed by atoms with Crippen LogP contribution in [0.15, 0.2) is 12.1 Å². The van der Waals surface area contributed by atoms with Crippen molar-refractivity contribution in [2.24, 2.45) is 0 Å². The van der Waals surface area contributed by atoms with Crippen molar-refractivity contribution in [2.45, 2.75) is 18.4 Å². The molecule has 3 rings (SSSR count). The fourth-order valence-corrected chi connectivity index (χ4v) is 4.14. The second kappa shape index (κ2) is 6.84. The highest BCUT2D eigenvalue weighted by atomic mass is 35.5. The first-order valence-corrected chi connectivity index (χ1v) is 8.82. The Bertz CT molecular complexity index is 533. The van der Waals surface area contributed by atoms with Crippen molar-refractivity contribution in [3.05, 3.63) is 21.3 Å². The average Bonchev–Trinajstić information content (AvgIpc) is 3.09. The molecular formula is C15H21ClN2O3S. The van der Waals surface area contributed by atoms with Gasteiger partial charge >= 0.3 is 0 Å². The van der Waals surface area contributed by atoms with Crippen molar-refractivity contribution < 1.29 is 14.6 Å². The van der Waals surface area contributed by atoms with Gasteiger partial charge in [0, 0.05) is 13.1 Å². The molecule has 2 fully saturated rings. The van der Waals surface area contributed by atoms with Crippen LogP contribution >= 0.6 is 22.9 Å². The first-order chi connectivity index (χ1) is 10.6. The minimum atomic E-state index is -1.00. The van der Waals surface area contributed by atoms with Crippen molar-refractivity contribution in [2.75, 3.05) is 45.9 Å².